The molecule has 0 spiro atoms. The Morgan fingerprint density at radius 2 is 2.21 bits per heavy atom. The summed E-state index contributed by atoms with van der Waals surface area (Å²) in [6.07, 6.45) is 9.54. The van der Waals surface area contributed by atoms with Crippen LogP contribution in [0.25, 0.3) is 0 Å². The fraction of sp³-hybridized carbons (Fsp3) is 0.773. The molecule has 1 aromatic heterocycles. The van der Waals surface area contributed by atoms with Crippen LogP contribution in [0.1, 0.15) is 82.2 Å². The predicted octanol–water partition coefficient (Wildman–Crippen LogP) is 2.94. The summed E-state index contributed by atoms with van der Waals surface area (Å²) >= 11 is 0. The zero-order chi connectivity index (χ0) is 20.9. The molecule has 1 aromatic rings. The van der Waals surface area contributed by atoms with E-state index in [9.17, 15) is 4.79 Å². The van der Waals surface area contributed by atoms with Crippen LogP contribution >= 0.6 is 0 Å². The zero-order valence-electron chi connectivity index (χ0n) is 18.3. The number of rotatable bonds is 8. The predicted molar refractivity (Wildman–Crippen MR) is 114 cm³/mol. The summed E-state index contributed by atoms with van der Waals surface area (Å²) in [7, 11) is 0. The number of nitrogens with zero attached hydrogens (tertiary/aromatic N) is 4. The Bertz CT molecular complexity index is 725. The molecule has 1 amide bonds. The van der Waals surface area contributed by atoms with Gasteiger partial charge in [-0.3, -0.25) is 4.79 Å². The van der Waals surface area contributed by atoms with Crippen molar-refractivity contribution in [3.63, 3.8) is 0 Å². The molecule has 1 fully saturated rings. The number of amides is 1. The Kier molecular flexibility index (Phi) is 7.46. The Labute approximate surface area is 174 Å². The Hall–Kier alpha value is -1.73. The number of likely N-dealkylation sites (tertiary alicyclic amines) is 1. The molecule has 1 aliphatic heterocycles. The maximum atomic E-state index is 12.1. The molecule has 3 rings (SSSR count). The zero-order valence-corrected chi connectivity index (χ0v) is 18.3. The van der Waals surface area contributed by atoms with Gasteiger partial charge < -0.3 is 15.3 Å². The van der Waals surface area contributed by atoms with E-state index < -0.39 is 0 Å². The second-order valence-electron chi connectivity index (χ2n) is 9.26. The number of carbonyl (C=O) groups is 1. The van der Waals surface area contributed by atoms with E-state index in [4.69, 9.17) is 5.11 Å². The third-order valence-electron chi connectivity index (χ3n) is 6.58. The number of aromatic nitrogens is 3. The van der Waals surface area contributed by atoms with Crippen LogP contribution in [-0.2, 0) is 0 Å². The Morgan fingerprint density at radius 1 is 1.38 bits per heavy atom. The Morgan fingerprint density at radius 3 is 2.97 bits per heavy atom. The second kappa shape index (κ2) is 9.85. The van der Waals surface area contributed by atoms with Gasteiger partial charge in [0.15, 0.2) is 5.69 Å². The largest absolute Gasteiger partial charge is 0.396 e. The quantitative estimate of drug-likeness (QED) is 0.515. The smallest absolute Gasteiger partial charge is 0.273 e. The SMILES string of the molecule is CC1=C(CCN2CCC[C@@H](n3cc(C(=O)NCCCO)nn3)C2)C(C)(C)CCC1. The number of aliphatic hydroxyl groups excluding tert-OH is 1. The molecule has 0 aromatic carbocycles. The molecule has 0 radical (unpaired) electrons. The third-order valence-corrected chi connectivity index (χ3v) is 6.58. The maximum absolute atomic E-state index is 12.1. The number of nitrogens with one attached hydrogen (secondary N) is 1. The van der Waals surface area contributed by atoms with Crippen molar-refractivity contribution in [3.05, 3.63) is 23.0 Å². The van der Waals surface area contributed by atoms with Crippen LogP contribution in [0.15, 0.2) is 17.3 Å². The van der Waals surface area contributed by atoms with Crippen molar-refractivity contribution in [2.45, 2.75) is 71.8 Å². The molecular weight excluding hydrogens is 366 g/mol. The highest BCUT2D eigenvalue weighted by molar-refractivity contribution is 5.91. The fourth-order valence-electron chi connectivity index (χ4n) is 4.88. The molecule has 1 atom stereocenters. The number of hydrogen-bond acceptors (Lipinski definition) is 5. The van der Waals surface area contributed by atoms with Crippen LogP contribution < -0.4 is 5.32 Å². The summed E-state index contributed by atoms with van der Waals surface area (Å²) in [5, 5.41) is 19.9. The van der Waals surface area contributed by atoms with Crippen LogP contribution in [0.3, 0.4) is 0 Å². The summed E-state index contributed by atoms with van der Waals surface area (Å²) < 4.78 is 1.86. The highest BCUT2D eigenvalue weighted by Gasteiger charge is 2.29. The topological polar surface area (TPSA) is 83.3 Å². The van der Waals surface area contributed by atoms with Crippen molar-refractivity contribution in [1.82, 2.24) is 25.2 Å². The molecule has 162 valence electrons. The van der Waals surface area contributed by atoms with E-state index in [1.54, 1.807) is 17.3 Å². The third kappa shape index (κ3) is 5.66. The van der Waals surface area contributed by atoms with Crippen LogP contribution in [-0.4, -0.2) is 63.7 Å². The van der Waals surface area contributed by atoms with Crippen LogP contribution in [0, 0.1) is 5.41 Å². The highest BCUT2D eigenvalue weighted by Crippen LogP contribution is 2.41. The monoisotopic (exact) mass is 403 g/mol. The van der Waals surface area contributed by atoms with Gasteiger partial charge in [-0.2, -0.15) is 0 Å². The van der Waals surface area contributed by atoms with Crippen LogP contribution in [0.4, 0.5) is 0 Å². The second-order valence-corrected chi connectivity index (χ2v) is 9.26. The first kappa shape index (κ1) is 22.0. The van der Waals surface area contributed by atoms with Gasteiger partial charge in [0.05, 0.1) is 12.2 Å². The van der Waals surface area contributed by atoms with Gasteiger partial charge in [0.25, 0.3) is 5.91 Å². The number of hydrogen-bond donors (Lipinski definition) is 2. The molecule has 2 aliphatic rings. The van der Waals surface area contributed by atoms with E-state index in [1.165, 1.54) is 19.3 Å². The summed E-state index contributed by atoms with van der Waals surface area (Å²) in [4.78, 5) is 14.7. The summed E-state index contributed by atoms with van der Waals surface area (Å²) in [6, 6.07) is 0.268. The number of allylic oxidation sites excluding steroid dienone is 1. The Balaban J connectivity index is 1.55. The van der Waals surface area contributed by atoms with Gasteiger partial charge in [-0.15, -0.1) is 5.10 Å². The normalized spacial score (nSPS) is 22.7. The van der Waals surface area contributed by atoms with Crippen molar-refractivity contribution < 1.29 is 9.90 Å². The lowest BCUT2D eigenvalue weighted by Crippen LogP contribution is -2.38. The first-order valence-corrected chi connectivity index (χ1v) is 11.1. The average molecular weight is 404 g/mol. The van der Waals surface area contributed by atoms with Crippen LogP contribution in [0.5, 0.6) is 0 Å². The van der Waals surface area contributed by atoms with Gasteiger partial charge >= 0.3 is 0 Å². The van der Waals surface area contributed by atoms with Crippen molar-refractivity contribution >= 4 is 5.91 Å². The van der Waals surface area contributed by atoms with E-state index in [0.29, 0.717) is 24.1 Å². The molecule has 0 bridgehead atoms. The standard InChI is InChI=1S/C22H37N5O2/c1-17-7-4-10-22(2,3)19(17)9-13-26-12-5-8-18(15-26)27-16-20(24-25-27)21(29)23-11-6-14-28/h16,18,28H,4-15H2,1-3H3,(H,23,29)/t18-/m1/s1. The molecule has 7 heteroatoms. The van der Waals surface area contributed by atoms with Crippen molar-refractivity contribution in [3.8, 4) is 0 Å². The first-order chi connectivity index (χ1) is 13.9. The summed E-state index contributed by atoms with van der Waals surface area (Å²) in [5.41, 5.74) is 3.95. The van der Waals surface area contributed by atoms with E-state index in [1.807, 2.05) is 4.68 Å². The molecule has 0 unspecified atom stereocenters. The lowest BCUT2D eigenvalue weighted by atomic mass is 9.71. The molecule has 0 saturated carbocycles. The molecule has 1 saturated heterocycles. The maximum Gasteiger partial charge on any atom is 0.273 e. The van der Waals surface area contributed by atoms with E-state index in [-0.39, 0.29) is 18.6 Å². The van der Waals surface area contributed by atoms with Crippen molar-refractivity contribution in [2.24, 2.45) is 5.41 Å². The highest BCUT2D eigenvalue weighted by atomic mass is 16.3. The van der Waals surface area contributed by atoms with Gasteiger partial charge in [-0.25, -0.2) is 4.68 Å². The minimum atomic E-state index is -0.223. The number of piperidine rings is 1. The number of carbonyl (C=O) groups excluding carboxylic acids is 1. The minimum absolute atomic E-state index is 0.0679. The van der Waals surface area contributed by atoms with E-state index >= 15 is 0 Å². The van der Waals surface area contributed by atoms with Gasteiger partial charge in [-0.05, 0) is 63.8 Å². The molecule has 1 aliphatic carbocycles. The van der Waals surface area contributed by atoms with Gasteiger partial charge in [-0.1, -0.05) is 30.2 Å². The van der Waals surface area contributed by atoms with Gasteiger partial charge in [0, 0.05) is 26.2 Å². The molecule has 7 nitrogen and oxygen atoms in total. The molecule has 2 N–H and O–H groups in total. The fourth-order valence-corrected chi connectivity index (χ4v) is 4.88. The number of aliphatic hydroxyl groups is 1. The van der Waals surface area contributed by atoms with Crippen molar-refractivity contribution in [1.29, 1.82) is 0 Å². The van der Waals surface area contributed by atoms with Gasteiger partial charge in [0.2, 0.25) is 0 Å². The van der Waals surface area contributed by atoms with Crippen LogP contribution in [0.2, 0.25) is 0 Å². The minimum Gasteiger partial charge on any atom is -0.396 e. The lowest BCUT2D eigenvalue weighted by Gasteiger charge is -2.37. The molecular formula is C22H37N5O2. The summed E-state index contributed by atoms with van der Waals surface area (Å²) in [5.74, 6) is -0.223. The molecule has 29 heavy (non-hydrogen) atoms. The van der Waals surface area contributed by atoms with Crippen molar-refractivity contribution in [2.75, 3.05) is 32.8 Å². The van der Waals surface area contributed by atoms with E-state index in [0.717, 1.165) is 38.9 Å². The average Bonchev–Trinajstić information content (AvgIpc) is 3.18. The van der Waals surface area contributed by atoms with E-state index in [2.05, 4.69) is 41.3 Å². The summed E-state index contributed by atoms with van der Waals surface area (Å²) in [6.45, 7) is 10.8. The molecule has 2 heterocycles. The first-order valence-electron chi connectivity index (χ1n) is 11.1. The lowest BCUT2D eigenvalue weighted by molar-refractivity contribution is 0.0946. The van der Waals surface area contributed by atoms with Gasteiger partial charge in [0.1, 0.15) is 0 Å².